The van der Waals surface area contributed by atoms with Crippen molar-refractivity contribution in [1.82, 2.24) is 10.2 Å². The Kier molecular flexibility index (Phi) is 2.96. The highest BCUT2D eigenvalue weighted by molar-refractivity contribution is 5.92. The highest BCUT2D eigenvalue weighted by atomic mass is 16.5. The number of aromatic amines is 1. The fraction of sp³-hybridized carbons (Fsp3) is 0.636. The third-order valence-corrected chi connectivity index (χ3v) is 3.06. The molecule has 1 saturated heterocycles. The number of aromatic nitrogens is 2. The van der Waals surface area contributed by atoms with Gasteiger partial charge in [0.25, 0.3) is 0 Å². The number of H-pyrrole nitrogens is 1. The second-order valence-electron chi connectivity index (χ2n) is 4.39. The minimum Gasteiger partial charge on any atom is -0.378 e. The first-order chi connectivity index (χ1) is 7.58. The lowest BCUT2D eigenvalue weighted by atomic mass is 10.1. The van der Waals surface area contributed by atoms with E-state index in [1.54, 1.807) is 0 Å². The van der Waals surface area contributed by atoms with E-state index in [1.807, 2.05) is 20.8 Å². The monoisotopic (exact) mass is 223 g/mol. The number of aryl methyl sites for hydroxylation is 1. The molecule has 0 spiro atoms. The van der Waals surface area contributed by atoms with Gasteiger partial charge in [-0.2, -0.15) is 5.10 Å². The Morgan fingerprint density at radius 2 is 2.31 bits per heavy atom. The van der Waals surface area contributed by atoms with E-state index in [4.69, 9.17) is 4.74 Å². The summed E-state index contributed by atoms with van der Waals surface area (Å²) in [5, 5.41) is 9.73. The smallest absolute Gasteiger partial charge is 0.231 e. The number of hydrogen-bond acceptors (Lipinski definition) is 3. The maximum Gasteiger partial charge on any atom is 0.231 e. The summed E-state index contributed by atoms with van der Waals surface area (Å²) in [4.78, 5) is 11.9. The Bertz CT molecular complexity index is 400. The zero-order valence-corrected chi connectivity index (χ0v) is 9.83. The molecule has 2 N–H and O–H groups in total. The van der Waals surface area contributed by atoms with E-state index < -0.39 is 0 Å². The molecule has 0 bridgehead atoms. The molecule has 0 saturated carbocycles. The molecule has 5 heteroatoms. The molecule has 1 fully saturated rings. The number of amides is 1. The van der Waals surface area contributed by atoms with Gasteiger partial charge in [0.05, 0.1) is 18.6 Å². The first kappa shape index (κ1) is 11.1. The summed E-state index contributed by atoms with van der Waals surface area (Å²) in [6, 6.07) is 0. The summed E-state index contributed by atoms with van der Waals surface area (Å²) in [7, 11) is 0. The first-order valence-electron chi connectivity index (χ1n) is 5.52. The Hall–Kier alpha value is -1.36. The van der Waals surface area contributed by atoms with Gasteiger partial charge in [-0.3, -0.25) is 9.89 Å². The fourth-order valence-corrected chi connectivity index (χ4v) is 1.83. The second-order valence-corrected chi connectivity index (χ2v) is 4.39. The average molecular weight is 223 g/mol. The molecule has 0 aliphatic carbocycles. The van der Waals surface area contributed by atoms with Crippen molar-refractivity contribution in [2.75, 3.05) is 11.9 Å². The van der Waals surface area contributed by atoms with Gasteiger partial charge < -0.3 is 10.1 Å². The molecule has 0 aromatic carbocycles. The van der Waals surface area contributed by atoms with Crippen molar-refractivity contribution in [2.24, 2.45) is 5.92 Å². The van der Waals surface area contributed by atoms with Crippen molar-refractivity contribution in [3.8, 4) is 0 Å². The number of nitrogens with one attached hydrogen (secondary N) is 2. The summed E-state index contributed by atoms with van der Waals surface area (Å²) < 4.78 is 5.37. The van der Waals surface area contributed by atoms with Crippen molar-refractivity contribution in [2.45, 2.75) is 33.3 Å². The SMILES string of the molecule is Cc1[nH]nc(NC(=O)C2COC(C)C2)c1C. The molecule has 1 aromatic heterocycles. The Labute approximate surface area is 94.6 Å². The van der Waals surface area contributed by atoms with Gasteiger partial charge in [0.1, 0.15) is 0 Å². The molecular weight excluding hydrogens is 206 g/mol. The lowest BCUT2D eigenvalue weighted by Crippen LogP contribution is -2.23. The number of anilines is 1. The van der Waals surface area contributed by atoms with E-state index in [1.165, 1.54) is 0 Å². The lowest BCUT2D eigenvalue weighted by molar-refractivity contribution is -0.119. The molecule has 1 aromatic rings. The molecule has 88 valence electrons. The fourth-order valence-electron chi connectivity index (χ4n) is 1.83. The molecule has 2 unspecified atom stereocenters. The van der Waals surface area contributed by atoms with Crippen molar-refractivity contribution in [3.63, 3.8) is 0 Å². The molecule has 1 amide bonds. The number of carbonyl (C=O) groups is 1. The average Bonchev–Trinajstić information content (AvgIpc) is 2.79. The van der Waals surface area contributed by atoms with Crippen LogP contribution in [0.2, 0.25) is 0 Å². The van der Waals surface area contributed by atoms with Crippen LogP contribution in [0.3, 0.4) is 0 Å². The number of rotatable bonds is 2. The van der Waals surface area contributed by atoms with Crippen LogP contribution in [0.25, 0.3) is 0 Å². The molecule has 2 atom stereocenters. The summed E-state index contributed by atoms with van der Waals surface area (Å²) >= 11 is 0. The van der Waals surface area contributed by atoms with Gasteiger partial charge in [-0.05, 0) is 27.2 Å². The van der Waals surface area contributed by atoms with Gasteiger partial charge in [0.15, 0.2) is 5.82 Å². The Morgan fingerprint density at radius 1 is 1.56 bits per heavy atom. The Balaban J connectivity index is 2.00. The summed E-state index contributed by atoms with van der Waals surface area (Å²) in [6.07, 6.45) is 0.964. The number of nitrogens with zero attached hydrogens (tertiary/aromatic N) is 1. The van der Waals surface area contributed by atoms with E-state index in [2.05, 4.69) is 15.5 Å². The van der Waals surface area contributed by atoms with Crippen LogP contribution in [0.4, 0.5) is 5.82 Å². The van der Waals surface area contributed by atoms with Crippen LogP contribution in [0, 0.1) is 19.8 Å². The highest BCUT2D eigenvalue weighted by Gasteiger charge is 2.28. The third-order valence-electron chi connectivity index (χ3n) is 3.06. The number of carbonyl (C=O) groups excluding carboxylic acids is 1. The number of hydrogen-bond donors (Lipinski definition) is 2. The summed E-state index contributed by atoms with van der Waals surface area (Å²) in [5.74, 6) is 0.576. The van der Waals surface area contributed by atoms with Gasteiger partial charge in [-0.1, -0.05) is 0 Å². The van der Waals surface area contributed by atoms with Crippen LogP contribution in [-0.2, 0) is 9.53 Å². The molecule has 16 heavy (non-hydrogen) atoms. The molecule has 2 heterocycles. The van der Waals surface area contributed by atoms with Gasteiger partial charge in [0.2, 0.25) is 5.91 Å². The first-order valence-corrected chi connectivity index (χ1v) is 5.52. The lowest BCUT2D eigenvalue weighted by Gasteiger charge is -2.07. The Morgan fingerprint density at radius 3 is 2.81 bits per heavy atom. The van der Waals surface area contributed by atoms with Crippen LogP contribution in [0.1, 0.15) is 24.6 Å². The van der Waals surface area contributed by atoms with Crippen LogP contribution in [0.15, 0.2) is 0 Å². The zero-order chi connectivity index (χ0) is 11.7. The molecule has 5 nitrogen and oxygen atoms in total. The third kappa shape index (κ3) is 2.09. The maximum absolute atomic E-state index is 11.9. The standard InChI is InChI=1S/C11H17N3O2/c1-6-4-9(5-16-6)11(15)12-10-7(2)8(3)13-14-10/h6,9H,4-5H2,1-3H3,(H2,12,13,14,15). The predicted octanol–water partition coefficient (Wildman–Crippen LogP) is 1.39. The molecule has 1 aliphatic rings. The van der Waals surface area contributed by atoms with E-state index in [9.17, 15) is 4.79 Å². The normalized spacial score (nSPS) is 24.7. The quantitative estimate of drug-likeness (QED) is 0.796. The molecular formula is C11H17N3O2. The minimum absolute atomic E-state index is 0.000972. The molecule has 0 radical (unpaired) electrons. The largest absolute Gasteiger partial charge is 0.378 e. The minimum atomic E-state index is -0.0496. The van der Waals surface area contributed by atoms with E-state index >= 15 is 0 Å². The molecule has 1 aliphatic heterocycles. The topological polar surface area (TPSA) is 67.0 Å². The van der Waals surface area contributed by atoms with Crippen LogP contribution in [0.5, 0.6) is 0 Å². The van der Waals surface area contributed by atoms with Crippen LogP contribution < -0.4 is 5.32 Å². The van der Waals surface area contributed by atoms with E-state index in [0.717, 1.165) is 17.7 Å². The van der Waals surface area contributed by atoms with Gasteiger partial charge in [-0.25, -0.2) is 0 Å². The zero-order valence-electron chi connectivity index (χ0n) is 9.83. The summed E-state index contributed by atoms with van der Waals surface area (Å²) in [5.41, 5.74) is 1.96. The van der Waals surface area contributed by atoms with Crippen LogP contribution >= 0.6 is 0 Å². The van der Waals surface area contributed by atoms with Crippen molar-refractivity contribution in [3.05, 3.63) is 11.3 Å². The van der Waals surface area contributed by atoms with Crippen molar-refractivity contribution in [1.29, 1.82) is 0 Å². The van der Waals surface area contributed by atoms with Crippen molar-refractivity contribution < 1.29 is 9.53 Å². The van der Waals surface area contributed by atoms with E-state index in [0.29, 0.717) is 12.4 Å². The highest BCUT2D eigenvalue weighted by Crippen LogP contribution is 2.21. The predicted molar refractivity (Wildman–Crippen MR) is 60.2 cm³/mol. The van der Waals surface area contributed by atoms with E-state index in [-0.39, 0.29) is 17.9 Å². The van der Waals surface area contributed by atoms with Crippen molar-refractivity contribution >= 4 is 11.7 Å². The van der Waals surface area contributed by atoms with Gasteiger partial charge in [-0.15, -0.1) is 0 Å². The summed E-state index contributed by atoms with van der Waals surface area (Å²) in [6.45, 7) is 6.35. The number of ether oxygens (including phenoxy) is 1. The van der Waals surface area contributed by atoms with Crippen LogP contribution in [-0.4, -0.2) is 28.8 Å². The molecule has 2 rings (SSSR count). The van der Waals surface area contributed by atoms with Gasteiger partial charge in [0, 0.05) is 11.3 Å². The maximum atomic E-state index is 11.9. The van der Waals surface area contributed by atoms with Gasteiger partial charge >= 0.3 is 0 Å². The second kappa shape index (κ2) is 4.25.